The van der Waals surface area contributed by atoms with Gasteiger partial charge in [-0.05, 0) is 35.2 Å². The Kier molecular flexibility index (Phi) is 4.92. The minimum atomic E-state index is -0.250. The van der Waals surface area contributed by atoms with Crippen molar-refractivity contribution in [1.29, 1.82) is 0 Å². The molecule has 5 rings (SSSR count). The zero-order valence-corrected chi connectivity index (χ0v) is 16.8. The third kappa shape index (κ3) is 3.55. The van der Waals surface area contributed by atoms with Crippen LogP contribution in [0.4, 0.5) is 4.39 Å². The summed E-state index contributed by atoms with van der Waals surface area (Å²) in [5.41, 5.74) is 5.30. The van der Waals surface area contributed by atoms with Gasteiger partial charge >= 0.3 is 0 Å². The quantitative estimate of drug-likeness (QED) is 0.420. The van der Waals surface area contributed by atoms with Crippen LogP contribution in [0.15, 0.2) is 96.1 Å². The molecule has 5 heteroatoms. The van der Waals surface area contributed by atoms with Gasteiger partial charge in [0.05, 0.1) is 17.4 Å². The molecule has 0 bridgehead atoms. The van der Waals surface area contributed by atoms with Gasteiger partial charge in [-0.2, -0.15) is 0 Å². The van der Waals surface area contributed by atoms with Crippen LogP contribution in [0, 0.1) is 5.82 Å². The predicted octanol–water partition coefficient (Wildman–Crippen LogP) is 5.44. The van der Waals surface area contributed by atoms with Crippen LogP contribution in [0.5, 0.6) is 0 Å². The van der Waals surface area contributed by atoms with Gasteiger partial charge in [-0.25, -0.2) is 9.37 Å². The zero-order valence-electron chi connectivity index (χ0n) is 16.8. The number of nitrogens with one attached hydrogen (secondary N) is 1. The number of halogens is 1. The van der Waals surface area contributed by atoms with Crippen LogP contribution in [0.1, 0.15) is 5.56 Å². The Morgan fingerprint density at radius 3 is 2.16 bits per heavy atom. The highest BCUT2D eigenvalue weighted by atomic mass is 19.1. The standard InChI is InChI=1S/C26H20FN3O/c27-21-13-11-18(12-14-21)15-16-30-24(20-9-5-2-6-10-20)22(19-7-3-1-4-8-19)23-25(30)28-17-29-26(23)31/h1-14,17H,15-16H2,(H,28,29,31). The maximum Gasteiger partial charge on any atom is 0.260 e. The first-order valence-corrected chi connectivity index (χ1v) is 10.2. The van der Waals surface area contributed by atoms with Gasteiger partial charge in [0.2, 0.25) is 0 Å². The van der Waals surface area contributed by atoms with Crippen LogP contribution in [-0.4, -0.2) is 14.5 Å². The Hall–Kier alpha value is -3.99. The maximum absolute atomic E-state index is 13.3. The number of hydrogen-bond donors (Lipinski definition) is 1. The molecule has 0 aliphatic heterocycles. The molecule has 2 heterocycles. The van der Waals surface area contributed by atoms with E-state index in [0.717, 1.165) is 27.9 Å². The van der Waals surface area contributed by atoms with Gasteiger partial charge in [-0.3, -0.25) is 4.79 Å². The lowest BCUT2D eigenvalue weighted by atomic mass is 9.99. The lowest BCUT2D eigenvalue weighted by Crippen LogP contribution is -2.08. The average Bonchev–Trinajstić information content (AvgIpc) is 3.15. The number of aromatic amines is 1. The van der Waals surface area contributed by atoms with Crippen LogP contribution in [0.2, 0.25) is 0 Å². The molecule has 0 saturated heterocycles. The topological polar surface area (TPSA) is 50.7 Å². The number of rotatable bonds is 5. The first-order chi connectivity index (χ1) is 15.2. The van der Waals surface area contributed by atoms with Gasteiger partial charge in [-0.1, -0.05) is 72.8 Å². The molecule has 0 aliphatic rings. The molecule has 1 N–H and O–H groups in total. The Labute approximate surface area is 178 Å². The van der Waals surface area contributed by atoms with E-state index in [0.29, 0.717) is 24.0 Å². The molecular weight excluding hydrogens is 389 g/mol. The normalized spacial score (nSPS) is 11.1. The Balaban J connectivity index is 1.76. The van der Waals surface area contributed by atoms with E-state index in [-0.39, 0.29) is 11.4 Å². The molecule has 31 heavy (non-hydrogen) atoms. The van der Waals surface area contributed by atoms with Crippen molar-refractivity contribution >= 4 is 11.0 Å². The maximum atomic E-state index is 13.3. The van der Waals surface area contributed by atoms with Crippen molar-refractivity contribution in [2.24, 2.45) is 0 Å². The molecule has 3 aromatic carbocycles. The van der Waals surface area contributed by atoms with E-state index in [1.807, 2.05) is 60.7 Å². The molecule has 0 unspecified atom stereocenters. The van der Waals surface area contributed by atoms with Crippen molar-refractivity contribution in [3.63, 3.8) is 0 Å². The minimum Gasteiger partial charge on any atom is -0.324 e. The number of benzene rings is 3. The SMILES string of the molecule is O=c1[nH]cnc2c1c(-c1ccccc1)c(-c1ccccc1)n2CCc1ccc(F)cc1. The highest BCUT2D eigenvalue weighted by Gasteiger charge is 2.22. The van der Waals surface area contributed by atoms with Crippen molar-refractivity contribution in [1.82, 2.24) is 14.5 Å². The second-order valence-electron chi connectivity index (χ2n) is 7.41. The zero-order chi connectivity index (χ0) is 21.2. The second-order valence-corrected chi connectivity index (χ2v) is 7.41. The molecule has 0 fully saturated rings. The van der Waals surface area contributed by atoms with E-state index in [9.17, 15) is 9.18 Å². The first-order valence-electron chi connectivity index (χ1n) is 10.2. The molecule has 0 spiro atoms. The van der Waals surface area contributed by atoms with Crippen molar-refractivity contribution in [2.75, 3.05) is 0 Å². The summed E-state index contributed by atoms with van der Waals surface area (Å²) >= 11 is 0. The van der Waals surface area contributed by atoms with E-state index < -0.39 is 0 Å². The Bertz CT molecular complexity index is 1390. The summed E-state index contributed by atoms with van der Waals surface area (Å²) in [5.74, 6) is -0.250. The van der Waals surface area contributed by atoms with Crippen LogP contribution >= 0.6 is 0 Å². The highest BCUT2D eigenvalue weighted by molar-refractivity contribution is 6.02. The molecule has 0 atom stereocenters. The van der Waals surface area contributed by atoms with Crippen molar-refractivity contribution < 1.29 is 4.39 Å². The molecule has 2 aromatic heterocycles. The summed E-state index contributed by atoms with van der Waals surface area (Å²) in [5, 5.41) is 0.576. The average molecular weight is 409 g/mol. The molecule has 152 valence electrons. The van der Waals surface area contributed by atoms with Gasteiger partial charge in [0, 0.05) is 12.1 Å². The Morgan fingerprint density at radius 1 is 0.839 bits per heavy atom. The molecule has 0 amide bonds. The summed E-state index contributed by atoms with van der Waals surface area (Å²) in [6, 6.07) is 26.5. The summed E-state index contributed by atoms with van der Waals surface area (Å²) in [4.78, 5) is 20.2. The molecule has 4 nitrogen and oxygen atoms in total. The van der Waals surface area contributed by atoms with Crippen LogP contribution < -0.4 is 5.56 Å². The number of aromatic nitrogens is 3. The highest BCUT2D eigenvalue weighted by Crippen LogP contribution is 2.38. The fourth-order valence-electron chi connectivity index (χ4n) is 4.07. The second kappa shape index (κ2) is 8.03. The van der Waals surface area contributed by atoms with E-state index in [4.69, 9.17) is 0 Å². The van der Waals surface area contributed by atoms with Gasteiger partial charge < -0.3 is 9.55 Å². The van der Waals surface area contributed by atoms with Gasteiger partial charge in [0.1, 0.15) is 11.5 Å². The molecule has 0 aliphatic carbocycles. The van der Waals surface area contributed by atoms with E-state index in [1.165, 1.54) is 18.5 Å². The third-order valence-corrected chi connectivity index (χ3v) is 5.49. The molecule has 5 aromatic rings. The number of fused-ring (bicyclic) bond motifs is 1. The van der Waals surface area contributed by atoms with Crippen LogP contribution in [0.25, 0.3) is 33.4 Å². The van der Waals surface area contributed by atoms with E-state index >= 15 is 0 Å². The minimum absolute atomic E-state index is 0.165. The third-order valence-electron chi connectivity index (χ3n) is 5.49. The van der Waals surface area contributed by atoms with E-state index in [1.54, 1.807) is 12.1 Å². The summed E-state index contributed by atoms with van der Waals surface area (Å²) in [6.07, 6.45) is 2.13. The number of aryl methyl sites for hydroxylation is 2. The van der Waals surface area contributed by atoms with Gasteiger partial charge in [0.25, 0.3) is 5.56 Å². The van der Waals surface area contributed by atoms with Crippen molar-refractivity contribution in [2.45, 2.75) is 13.0 Å². The fourth-order valence-corrected chi connectivity index (χ4v) is 4.07. The molecule has 0 saturated carbocycles. The number of hydrogen-bond acceptors (Lipinski definition) is 2. The number of H-pyrrole nitrogens is 1. The summed E-state index contributed by atoms with van der Waals surface area (Å²) in [7, 11) is 0. The summed E-state index contributed by atoms with van der Waals surface area (Å²) < 4.78 is 15.4. The number of nitrogens with zero attached hydrogens (tertiary/aromatic N) is 2. The fraction of sp³-hybridized carbons (Fsp3) is 0.0769. The molecular formula is C26H20FN3O. The van der Waals surface area contributed by atoms with Crippen LogP contribution in [0.3, 0.4) is 0 Å². The smallest absolute Gasteiger partial charge is 0.260 e. The van der Waals surface area contributed by atoms with Gasteiger partial charge in [0.15, 0.2) is 0 Å². The lowest BCUT2D eigenvalue weighted by Gasteiger charge is -2.13. The van der Waals surface area contributed by atoms with Crippen molar-refractivity contribution in [3.8, 4) is 22.4 Å². The lowest BCUT2D eigenvalue weighted by molar-refractivity contribution is 0.626. The Morgan fingerprint density at radius 2 is 1.48 bits per heavy atom. The van der Waals surface area contributed by atoms with E-state index in [2.05, 4.69) is 14.5 Å². The van der Waals surface area contributed by atoms with Gasteiger partial charge in [-0.15, -0.1) is 0 Å². The molecule has 0 radical (unpaired) electrons. The summed E-state index contributed by atoms with van der Waals surface area (Å²) in [6.45, 7) is 0.607. The van der Waals surface area contributed by atoms with Crippen LogP contribution in [-0.2, 0) is 13.0 Å². The monoisotopic (exact) mass is 409 g/mol. The first kappa shape index (κ1) is 19.0. The largest absolute Gasteiger partial charge is 0.324 e. The van der Waals surface area contributed by atoms with Crippen molar-refractivity contribution in [3.05, 3.63) is 113 Å². The predicted molar refractivity (Wildman–Crippen MR) is 121 cm³/mol.